The zero-order valence-electron chi connectivity index (χ0n) is 10.7. The van der Waals surface area contributed by atoms with Crippen molar-refractivity contribution in [1.29, 1.82) is 0 Å². The first kappa shape index (κ1) is 12.1. The van der Waals surface area contributed by atoms with Gasteiger partial charge in [-0.3, -0.25) is 4.79 Å². The van der Waals surface area contributed by atoms with Crippen LogP contribution in [-0.4, -0.2) is 29.8 Å². The minimum atomic E-state index is 0.471. The highest BCUT2D eigenvalue weighted by atomic mass is 16.1. The first-order chi connectivity index (χ1) is 7.70. The van der Waals surface area contributed by atoms with Crippen LogP contribution in [0.1, 0.15) is 58.3 Å². The number of hydrogen-bond acceptors (Lipinski definition) is 2. The average molecular weight is 223 g/mol. The second-order valence-electron chi connectivity index (χ2n) is 5.68. The first-order valence-corrected chi connectivity index (χ1v) is 6.94. The lowest BCUT2D eigenvalue weighted by atomic mass is 9.83. The molecule has 16 heavy (non-hydrogen) atoms. The predicted octanol–water partition coefficient (Wildman–Crippen LogP) is 3.01. The van der Waals surface area contributed by atoms with Crippen LogP contribution in [0.5, 0.6) is 0 Å². The van der Waals surface area contributed by atoms with E-state index in [1.54, 1.807) is 0 Å². The Balaban J connectivity index is 1.82. The van der Waals surface area contributed by atoms with Crippen molar-refractivity contribution in [2.24, 2.45) is 5.92 Å². The highest BCUT2D eigenvalue weighted by molar-refractivity contribution is 5.81. The maximum atomic E-state index is 11.3. The summed E-state index contributed by atoms with van der Waals surface area (Å²) in [4.78, 5) is 13.8. The Labute approximate surface area is 99.4 Å². The Bertz CT molecular complexity index is 243. The molecule has 0 aliphatic heterocycles. The predicted molar refractivity (Wildman–Crippen MR) is 66.4 cm³/mol. The number of ketones is 1. The molecule has 2 aliphatic rings. The van der Waals surface area contributed by atoms with Gasteiger partial charge in [0.05, 0.1) is 0 Å². The molecular weight excluding hydrogens is 198 g/mol. The standard InChI is InChI=1S/C14H25NO/c1-3-11-4-6-12(7-5-11)15(2)13-8-9-14(16)10-13/h11-13H,3-10H2,1-2H3. The first-order valence-electron chi connectivity index (χ1n) is 6.94. The lowest BCUT2D eigenvalue weighted by Gasteiger charge is -2.37. The molecule has 0 N–H and O–H groups in total. The van der Waals surface area contributed by atoms with Gasteiger partial charge in [0.2, 0.25) is 0 Å². The van der Waals surface area contributed by atoms with E-state index in [0.29, 0.717) is 11.8 Å². The molecule has 2 heteroatoms. The molecule has 0 radical (unpaired) electrons. The third-order valence-corrected chi connectivity index (χ3v) is 4.77. The van der Waals surface area contributed by atoms with E-state index in [2.05, 4.69) is 18.9 Å². The number of carbonyl (C=O) groups is 1. The summed E-state index contributed by atoms with van der Waals surface area (Å²) in [5, 5.41) is 0. The van der Waals surface area contributed by atoms with Gasteiger partial charge < -0.3 is 4.90 Å². The molecule has 0 aromatic rings. The summed E-state index contributed by atoms with van der Waals surface area (Å²) >= 11 is 0. The second kappa shape index (κ2) is 5.31. The van der Waals surface area contributed by atoms with E-state index >= 15 is 0 Å². The Kier molecular flexibility index (Phi) is 4.01. The van der Waals surface area contributed by atoms with Gasteiger partial charge in [-0.15, -0.1) is 0 Å². The molecule has 2 nitrogen and oxygen atoms in total. The van der Waals surface area contributed by atoms with E-state index in [0.717, 1.165) is 31.2 Å². The van der Waals surface area contributed by atoms with Gasteiger partial charge in [-0.05, 0) is 45.1 Å². The van der Waals surface area contributed by atoms with Crippen LogP contribution in [0.4, 0.5) is 0 Å². The highest BCUT2D eigenvalue weighted by Gasteiger charge is 2.31. The van der Waals surface area contributed by atoms with Crippen molar-refractivity contribution < 1.29 is 4.79 Å². The fraction of sp³-hybridized carbons (Fsp3) is 0.929. The van der Waals surface area contributed by atoms with Gasteiger partial charge in [0.15, 0.2) is 0 Å². The Hall–Kier alpha value is -0.370. The molecule has 0 aromatic carbocycles. The summed E-state index contributed by atoms with van der Waals surface area (Å²) in [6.45, 7) is 2.31. The number of nitrogens with zero attached hydrogens (tertiary/aromatic N) is 1. The van der Waals surface area contributed by atoms with Crippen LogP contribution >= 0.6 is 0 Å². The van der Waals surface area contributed by atoms with E-state index in [4.69, 9.17) is 0 Å². The van der Waals surface area contributed by atoms with Gasteiger partial charge in [0, 0.05) is 24.9 Å². The van der Waals surface area contributed by atoms with Gasteiger partial charge in [0.25, 0.3) is 0 Å². The number of carbonyl (C=O) groups excluding carboxylic acids is 1. The van der Waals surface area contributed by atoms with Crippen molar-refractivity contribution in [2.75, 3.05) is 7.05 Å². The van der Waals surface area contributed by atoms with Crippen LogP contribution < -0.4 is 0 Å². The van der Waals surface area contributed by atoms with Crippen molar-refractivity contribution >= 4 is 5.78 Å². The number of hydrogen-bond donors (Lipinski definition) is 0. The van der Waals surface area contributed by atoms with Gasteiger partial charge in [-0.1, -0.05) is 13.3 Å². The van der Waals surface area contributed by atoms with Crippen molar-refractivity contribution in [3.63, 3.8) is 0 Å². The molecule has 0 saturated heterocycles. The van der Waals surface area contributed by atoms with Crippen LogP contribution in [0, 0.1) is 5.92 Å². The molecule has 1 atom stereocenters. The summed E-state index contributed by atoms with van der Waals surface area (Å²) in [7, 11) is 2.24. The highest BCUT2D eigenvalue weighted by Crippen LogP contribution is 2.32. The summed E-state index contributed by atoms with van der Waals surface area (Å²) in [6, 6.07) is 1.30. The van der Waals surface area contributed by atoms with Gasteiger partial charge in [-0.25, -0.2) is 0 Å². The lowest BCUT2D eigenvalue weighted by molar-refractivity contribution is -0.117. The maximum absolute atomic E-state index is 11.3. The van der Waals surface area contributed by atoms with Gasteiger partial charge in [-0.2, -0.15) is 0 Å². The minimum absolute atomic E-state index is 0.471. The molecule has 2 fully saturated rings. The molecule has 1 unspecified atom stereocenters. The summed E-state index contributed by atoms with van der Waals surface area (Å²) < 4.78 is 0. The summed E-state index contributed by atoms with van der Waals surface area (Å²) in [5.41, 5.74) is 0. The lowest BCUT2D eigenvalue weighted by Crippen LogP contribution is -2.41. The molecule has 0 bridgehead atoms. The zero-order chi connectivity index (χ0) is 11.5. The smallest absolute Gasteiger partial charge is 0.134 e. The van der Waals surface area contributed by atoms with Crippen LogP contribution in [0.2, 0.25) is 0 Å². The monoisotopic (exact) mass is 223 g/mol. The van der Waals surface area contributed by atoms with E-state index in [1.165, 1.54) is 32.1 Å². The normalized spacial score (nSPS) is 35.9. The molecule has 0 aromatic heterocycles. The molecule has 2 saturated carbocycles. The molecular formula is C14H25NO. The van der Waals surface area contributed by atoms with Gasteiger partial charge >= 0.3 is 0 Å². The van der Waals surface area contributed by atoms with E-state index in [9.17, 15) is 4.79 Å². The fourth-order valence-corrected chi connectivity index (χ4v) is 3.40. The molecule has 0 spiro atoms. The number of Topliss-reactive ketones (excluding diaryl/α,β-unsaturated/α-hetero) is 1. The summed E-state index contributed by atoms with van der Waals surface area (Å²) in [6.07, 6.45) is 9.56. The Morgan fingerprint density at radius 2 is 1.81 bits per heavy atom. The Morgan fingerprint density at radius 1 is 1.12 bits per heavy atom. The molecule has 92 valence electrons. The largest absolute Gasteiger partial charge is 0.300 e. The maximum Gasteiger partial charge on any atom is 0.134 e. The molecule has 2 aliphatic carbocycles. The minimum Gasteiger partial charge on any atom is -0.300 e. The van der Waals surface area contributed by atoms with E-state index in [-0.39, 0.29) is 0 Å². The fourth-order valence-electron chi connectivity index (χ4n) is 3.40. The third kappa shape index (κ3) is 2.65. The zero-order valence-corrected chi connectivity index (χ0v) is 10.7. The van der Waals surface area contributed by atoms with Crippen molar-refractivity contribution in [1.82, 2.24) is 4.90 Å². The SMILES string of the molecule is CCC1CCC(N(C)C2CCC(=O)C2)CC1. The van der Waals surface area contributed by atoms with Crippen molar-refractivity contribution in [3.8, 4) is 0 Å². The van der Waals surface area contributed by atoms with E-state index < -0.39 is 0 Å². The molecule has 2 rings (SSSR count). The quantitative estimate of drug-likeness (QED) is 0.733. The van der Waals surface area contributed by atoms with Crippen LogP contribution in [0.25, 0.3) is 0 Å². The molecule has 0 amide bonds. The van der Waals surface area contributed by atoms with Crippen molar-refractivity contribution in [3.05, 3.63) is 0 Å². The van der Waals surface area contributed by atoms with Crippen molar-refractivity contribution in [2.45, 2.75) is 70.4 Å². The molecule has 0 heterocycles. The van der Waals surface area contributed by atoms with Gasteiger partial charge in [0.1, 0.15) is 5.78 Å². The van der Waals surface area contributed by atoms with Crippen LogP contribution in [0.15, 0.2) is 0 Å². The topological polar surface area (TPSA) is 20.3 Å². The third-order valence-electron chi connectivity index (χ3n) is 4.77. The van der Waals surface area contributed by atoms with Crippen LogP contribution in [-0.2, 0) is 4.79 Å². The van der Waals surface area contributed by atoms with E-state index in [1.807, 2.05) is 0 Å². The Morgan fingerprint density at radius 3 is 2.31 bits per heavy atom. The summed E-state index contributed by atoms with van der Waals surface area (Å²) in [5.74, 6) is 1.44. The average Bonchev–Trinajstić information content (AvgIpc) is 2.75. The van der Waals surface area contributed by atoms with Crippen LogP contribution in [0.3, 0.4) is 0 Å². The number of rotatable bonds is 3. The second-order valence-corrected chi connectivity index (χ2v) is 5.68.